The average Bonchev–Trinajstić information content (AvgIpc) is 3.40. The van der Waals surface area contributed by atoms with Crippen molar-refractivity contribution >= 4 is 12.0 Å². The van der Waals surface area contributed by atoms with Gasteiger partial charge in [0.2, 0.25) is 5.91 Å². The van der Waals surface area contributed by atoms with Crippen LogP contribution in [0.3, 0.4) is 0 Å². The summed E-state index contributed by atoms with van der Waals surface area (Å²) in [6.07, 6.45) is 4.79. The third-order valence-corrected chi connectivity index (χ3v) is 7.51. The fraction of sp³-hybridized carbons (Fsp3) is 0.690. The molecule has 3 rings (SSSR count). The molecule has 0 aromatic heterocycles. The molecule has 0 radical (unpaired) electrons. The molecule has 2 fully saturated rings. The van der Waals surface area contributed by atoms with Gasteiger partial charge in [0.25, 0.3) is 0 Å². The molecule has 1 N–H and O–H groups in total. The van der Waals surface area contributed by atoms with Gasteiger partial charge in [-0.3, -0.25) is 9.69 Å². The van der Waals surface area contributed by atoms with Gasteiger partial charge in [-0.25, -0.2) is 4.79 Å². The maximum atomic E-state index is 13.4. The van der Waals surface area contributed by atoms with Gasteiger partial charge in [0.05, 0.1) is 39.5 Å². The molecule has 2 aliphatic rings. The summed E-state index contributed by atoms with van der Waals surface area (Å²) in [6.45, 7) is 7.40. The van der Waals surface area contributed by atoms with Gasteiger partial charge in [-0.05, 0) is 65.2 Å². The predicted octanol–water partition coefficient (Wildman–Crippen LogP) is 4.11. The Kier molecular flexibility index (Phi) is 10.7. The van der Waals surface area contributed by atoms with E-state index in [0.717, 1.165) is 44.1 Å². The first kappa shape index (κ1) is 30.4. The van der Waals surface area contributed by atoms with Crippen molar-refractivity contribution in [3.05, 3.63) is 17.7 Å². The van der Waals surface area contributed by atoms with Gasteiger partial charge in [0, 0.05) is 37.8 Å². The van der Waals surface area contributed by atoms with Gasteiger partial charge in [-0.15, -0.1) is 0 Å². The van der Waals surface area contributed by atoms with E-state index in [2.05, 4.69) is 16.3 Å². The number of methoxy groups -OCH3 is 3. The standard InChI is InChI=1S/C29H44N4O6/c1-29(2,3)39-28(35)31-17-20-9-11-21(12-10-20)32(19-27(34)33-13-7-8-22(33)16-30)18-24-25(37-5)14-23(36-4)15-26(24)38-6/h14-15,20-22H,7-13,17-19H2,1-6H3,(H,31,35)/t20?,21?,22-/m0/s1. The van der Waals surface area contributed by atoms with Gasteiger partial charge >= 0.3 is 6.09 Å². The normalized spacial score (nSPS) is 21.3. The number of nitriles is 1. The molecule has 2 amide bonds. The van der Waals surface area contributed by atoms with Crippen LogP contribution in [0.25, 0.3) is 0 Å². The number of likely N-dealkylation sites (tertiary alicyclic amines) is 1. The van der Waals surface area contributed by atoms with Crippen LogP contribution in [0.1, 0.15) is 64.9 Å². The molecular formula is C29H44N4O6. The zero-order chi connectivity index (χ0) is 28.6. The maximum absolute atomic E-state index is 13.4. The van der Waals surface area contributed by atoms with Crippen molar-refractivity contribution in [3.63, 3.8) is 0 Å². The molecule has 39 heavy (non-hydrogen) atoms. The minimum absolute atomic E-state index is 0.0285. The number of nitrogens with zero attached hydrogens (tertiary/aromatic N) is 3. The number of benzene rings is 1. The van der Waals surface area contributed by atoms with E-state index in [1.807, 2.05) is 32.9 Å². The molecule has 0 unspecified atom stereocenters. The Hall–Kier alpha value is -3.19. The molecule has 0 bridgehead atoms. The van der Waals surface area contributed by atoms with E-state index in [4.69, 9.17) is 18.9 Å². The third kappa shape index (κ3) is 8.40. The fourth-order valence-corrected chi connectivity index (χ4v) is 5.47. The van der Waals surface area contributed by atoms with Crippen molar-refractivity contribution in [1.82, 2.24) is 15.1 Å². The summed E-state index contributed by atoms with van der Waals surface area (Å²) >= 11 is 0. The largest absolute Gasteiger partial charge is 0.496 e. The number of ether oxygens (including phenoxy) is 4. The molecule has 1 atom stereocenters. The summed E-state index contributed by atoms with van der Waals surface area (Å²) in [5.41, 5.74) is 0.318. The van der Waals surface area contributed by atoms with E-state index >= 15 is 0 Å². The maximum Gasteiger partial charge on any atom is 0.407 e. The van der Waals surface area contributed by atoms with Gasteiger partial charge < -0.3 is 29.2 Å². The van der Waals surface area contributed by atoms with Crippen LogP contribution >= 0.6 is 0 Å². The van der Waals surface area contributed by atoms with Crippen LogP contribution in [0.4, 0.5) is 4.79 Å². The summed E-state index contributed by atoms with van der Waals surface area (Å²) in [5.74, 6) is 2.21. The van der Waals surface area contributed by atoms with Crippen LogP contribution in [0.5, 0.6) is 17.2 Å². The Morgan fingerprint density at radius 2 is 1.69 bits per heavy atom. The second kappa shape index (κ2) is 13.7. The molecule has 1 heterocycles. The van der Waals surface area contributed by atoms with Crippen LogP contribution in [-0.4, -0.2) is 80.4 Å². The topological polar surface area (TPSA) is 113 Å². The second-order valence-electron chi connectivity index (χ2n) is 11.3. The second-order valence-corrected chi connectivity index (χ2v) is 11.3. The molecule has 1 aliphatic heterocycles. The van der Waals surface area contributed by atoms with Crippen LogP contribution in [-0.2, 0) is 16.1 Å². The summed E-state index contributed by atoms with van der Waals surface area (Å²) in [4.78, 5) is 29.4. The average molecular weight is 545 g/mol. The van der Waals surface area contributed by atoms with Crippen LogP contribution < -0.4 is 19.5 Å². The summed E-state index contributed by atoms with van der Waals surface area (Å²) in [6, 6.07) is 5.72. The smallest absolute Gasteiger partial charge is 0.407 e. The highest BCUT2D eigenvalue weighted by atomic mass is 16.6. The molecule has 10 heteroatoms. The monoisotopic (exact) mass is 544 g/mol. The predicted molar refractivity (Wildman–Crippen MR) is 147 cm³/mol. The molecular weight excluding hydrogens is 500 g/mol. The molecule has 1 saturated heterocycles. The number of alkyl carbamates (subject to hydrolysis) is 1. The molecule has 1 aromatic rings. The highest BCUT2D eigenvalue weighted by Crippen LogP contribution is 2.37. The number of carbonyl (C=O) groups excluding carboxylic acids is 2. The zero-order valence-corrected chi connectivity index (χ0v) is 24.2. The number of amides is 2. The lowest BCUT2D eigenvalue weighted by Crippen LogP contribution is -2.47. The lowest BCUT2D eigenvalue weighted by atomic mass is 9.85. The molecule has 0 spiro atoms. The highest BCUT2D eigenvalue weighted by molar-refractivity contribution is 5.79. The Morgan fingerprint density at radius 3 is 2.23 bits per heavy atom. The summed E-state index contributed by atoms with van der Waals surface area (Å²) < 4.78 is 22.1. The van der Waals surface area contributed by atoms with Crippen LogP contribution in [0, 0.1) is 17.2 Å². The molecule has 10 nitrogen and oxygen atoms in total. The van der Waals surface area contributed by atoms with E-state index in [-0.39, 0.29) is 24.5 Å². The quantitative estimate of drug-likeness (QED) is 0.468. The fourth-order valence-electron chi connectivity index (χ4n) is 5.47. The van der Waals surface area contributed by atoms with Crippen molar-refractivity contribution in [3.8, 4) is 23.3 Å². The van der Waals surface area contributed by atoms with Crippen LogP contribution in [0.15, 0.2) is 12.1 Å². The zero-order valence-electron chi connectivity index (χ0n) is 24.2. The molecule has 216 valence electrons. The van der Waals surface area contributed by atoms with E-state index in [0.29, 0.717) is 42.8 Å². The van der Waals surface area contributed by atoms with E-state index in [9.17, 15) is 14.9 Å². The van der Waals surface area contributed by atoms with Crippen molar-refractivity contribution in [1.29, 1.82) is 5.26 Å². The molecule has 1 aliphatic carbocycles. The Labute approximate surface area is 232 Å². The molecule has 1 saturated carbocycles. The van der Waals surface area contributed by atoms with E-state index < -0.39 is 11.7 Å². The SMILES string of the molecule is COc1cc(OC)c(CN(CC(=O)N2CCC[C@H]2C#N)C2CCC(CNC(=O)OC(C)(C)C)CC2)c(OC)c1. The van der Waals surface area contributed by atoms with E-state index in [1.54, 1.807) is 26.2 Å². The van der Waals surface area contributed by atoms with Crippen molar-refractivity contribution in [2.45, 2.75) is 83.5 Å². The Bertz CT molecular complexity index is 1000. The number of nitrogens with one attached hydrogen (secondary N) is 1. The Balaban J connectivity index is 1.74. The highest BCUT2D eigenvalue weighted by Gasteiger charge is 2.33. The summed E-state index contributed by atoms with van der Waals surface area (Å²) in [5, 5.41) is 12.4. The van der Waals surface area contributed by atoms with Gasteiger partial charge in [0.15, 0.2) is 0 Å². The van der Waals surface area contributed by atoms with E-state index in [1.165, 1.54) is 0 Å². The first-order chi connectivity index (χ1) is 18.6. The number of carbonyl (C=O) groups is 2. The van der Waals surface area contributed by atoms with Gasteiger partial charge in [-0.1, -0.05) is 0 Å². The van der Waals surface area contributed by atoms with Gasteiger partial charge in [0.1, 0.15) is 28.9 Å². The lowest BCUT2D eigenvalue weighted by Gasteiger charge is -2.38. The first-order valence-electron chi connectivity index (χ1n) is 13.8. The summed E-state index contributed by atoms with van der Waals surface area (Å²) in [7, 11) is 4.81. The van der Waals surface area contributed by atoms with Crippen molar-refractivity contribution in [2.24, 2.45) is 5.92 Å². The third-order valence-electron chi connectivity index (χ3n) is 7.51. The lowest BCUT2D eigenvalue weighted by molar-refractivity contribution is -0.133. The number of hydrogen-bond donors (Lipinski definition) is 1. The van der Waals surface area contributed by atoms with Crippen LogP contribution in [0.2, 0.25) is 0 Å². The van der Waals surface area contributed by atoms with Crippen molar-refractivity contribution in [2.75, 3.05) is 41.0 Å². The Morgan fingerprint density at radius 1 is 1.05 bits per heavy atom. The van der Waals surface area contributed by atoms with Crippen molar-refractivity contribution < 1.29 is 28.5 Å². The minimum atomic E-state index is -0.530. The van der Waals surface area contributed by atoms with Gasteiger partial charge in [-0.2, -0.15) is 5.26 Å². The first-order valence-corrected chi connectivity index (χ1v) is 13.8. The minimum Gasteiger partial charge on any atom is -0.496 e. The number of rotatable bonds is 10. The molecule has 1 aromatic carbocycles. The number of hydrogen-bond acceptors (Lipinski definition) is 8.